The molecule has 2 aromatic rings. The second kappa shape index (κ2) is 8.40. The number of carbonyl (C=O) groups is 2. The van der Waals surface area contributed by atoms with Crippen LogP contribution in [0.15, 0.2) is 40.9 Å². The van der Waals surface area contributed by atoms with Crippen LogP contribution in [0.3, 0.4) is 0 Å². The summed E-state index contributed by atoms with van der Waals surface area (Å²) in [5, 5.41) is 3.50. The number of hydrogen-bond donors (Lipinski definition) is 1. The average Bonchev–Trinajstić information content (AvgIpc) is 2.72. The number of Topliss-reactive ketones (excluding diaryl/α,β-unsaturated/α-hetero) is 2. The maximum atomic E-state index is 13.1. The molecular formula is C25H29BrN2O3. The van der Waals surface area contributed by atoms with Crippen molar-refractivity contribution in [1.29, 1.82) is 0 Å². The Morgan fingerprint density at radius 2 is 1.84 bits per heavy atom. The highest BCUT2D eigenvalue weighted by molar-refractivity contribution is 9.10. The Morgan fingerprint density at radius 1 is 1.16 bits per heavy atom. The van der Waals surface area contributed by atoms with Gasteiger partial charge in [0.1, 0.15) is 5.75 Å². The van der Waals surface area contributed by atoms with E-state index in [-0.39, 0.29) is 11.5 Å². The van der Waals surface area contributed by atoms with Crippen LogP contribution in [0.1, 0.15) is 61.1 Å². The number of ketones is 2. The molecule has 0 saturated carbocycles. The number of nitrogens with one attached hydrogen (secondary N) is 1. The molecule has 0 aromatic heterocycles. The van der Waals surface area contributed by atoms with Gasteiger partial charge in [-0.25, -0.2) is 0 Å². The Morgan fingerprint density at radius 3 is 2.52 bits per heavy atom. The molecule has 1 N–H and O–H groups in total. The predicted octanol–water partition coefficient (Wildman–Crippen LogP) is 5.52. The van der Waals surface area contributed by atoms with Crippen LogP contribution in [0, 0.1) is 12.3 Å². The minimum absolute atomic E-state index is 0.116. The number of likely N-dealkylation sites (tertiary alicyclic amines) is 1. The molecule has 2 aromatic carbocycles. The highest BCUT2D eigenvalue weighted by Crippen LogP contribution is 2.39. The van der Waals surface area contributed by atoms with Crippen LogP contribution in [0.25, 0.3) is 0 Å². The number of para-hydroxylation sites is 1. The van der Waals surface area contributed by atoms with E-state index in [2.05, 4.69) is 35.1 Å². The highest BCUT2D eigenvalue weighted by atomic mass is 79.9. The van der Waals surface area contributed by atoms with Gasteiger partial charge in [0.2, 0.25) is 12.0 Å². The first kappa shape index (κ1) is 22.0. The largest absolute Gasteiger partial charge is 0.466 e. The number of halogens is 1. The molecule has 0 bridgehead atoms. The molecule has 0 aliphatic carbocycles. The Bertz CT molecular complexity index is 1020. The zero-order valence-electron chi connectivity index (χ0n) is 18.5. The van der Waals surface area contributed by atoms with Gasteiger partial charge < -0.3 is 10.1 Å². The lowest BCUT2D eigenvalue weighted by Crippen LogP contribution is -2.54. The van der Waals surface area contributed by atoms with Gasteiger partial charge >= 0.3 is 0 Å². The van der Waals surface area contributed by atoms with Gasteiger partial charge in [-0.3, -0.25) is 14.5 Å². The molecule has 1 fully saturated rings. The second-order valence-corrected chi connectivity index (χ2v) is 10.3. The summed E-state index contributed by atoms with van der Waals surface area (Å²) >= 11 is 3.58. The Hall–Kier alpha value is -2.18. The molecule has 0 amide bonds. The second-order valence-electron chi connectivity index (χ2n) is 9.44. The summed E-state index contributed by atoms with van der Waals surface area (Å²) in [7, 11) is 0. The van der Waals surface area contributed by atoms with E-state index in [1.54, 1.807) is 6.07 Å². The molecular weight excluding hydrogens is 456 g/mol. The van der Waals surface area contributed by atoms with E-state index in [9.17, 15) is 9.59 Å². The van der Waals surface area contributed by atoms with E-state index in [1.807, 2.05) is 49.1 Å². The van der Waals surface area contributed by atoms with E-state index >= 15 is 0 Å². The SMILES string of the molecule is Cc1cc2c(c([C@@H](C)Nc3ccccc3Br)c1)OC(N1CCC(C)(C)CC1)C(=O)C2=O. The van der Waals surface area contributed by atoms with E-state index in [1.165, 1.54) is 0 Å². The zero-order chi connectivity index (χ0) is 22.3. The number of ether oxygens (including phenoxy) is 1. The predicted molar refractivity (Wildman–Crippen MR) is 126 cm³/mol. The third kappa shape index (κ3) is 4.41. The van der Waals surface area contributed by atoms with Gasteiger partial charge in [0.15, 0.2) is 0 Å². The summed E-state index contributed by atoms with van der Waals surface area (Å²) < 4.78 is 7.26. The van der Waals surface area contributed by atoms with E-state index in [0.717, 1.165) is 47.2 Å². The molecule has 2 aliphatic heterocycles. The van der Waals surface area contributed by atoms with Crippen molar-refractivity contribution in [1.82, 2.24) is 4.90 Å². The van der Waals surface area contributed by atoms with Gasteiger partial charge in [-0.2, -0.15) is 0 Å². The van der Waals surface area contributed by atoms with Crippen LogP contribution in [0.4, 0.5) is 5.69 Å². The van der Waals surface area contributed by atoms with Crippen molar-refractivity contribution >= 4 is 33.2 Å². The summed E-state index contributed by atoms with van der Waals surface area (Å²) in [5.74, 6) is -0.388. The summed E-state index contributed by atoms with van der Waals surface area (Å²) in [6, 6.07) is 11.6. The van der Waals surface area contributed by atoms with Gasteiger partial charge in [0, 0.05) is 28.8 Å². The van der Waals surface area contributed by atoms with Crippen LogP contribution >= 0.6 is 15.9 Å². The third-order valence-electron chi connectivity index (χ3n) is 6.38. The number of hydrogen-bond acceptors (Lipinski definition) is 5. The fraction of sp³-hybridized carbons (Fsp3) is 0.440. The minimum Gasteiger partial charge on any atom is -0.466 e. The summed E-state index contributed by atoms with van der Waals surface area (Å²) in [6.07, 6.45) is 1.11. The van der Waals surface area contributed by atoms with Crippen LogP contribution < -0.4 is 10.1 Å². The van der Waals surface area contributed by atoms with Gasteiger partial charge in [-0.05, 0) is 71.8 Å². The smallest absolute Gasteiger partial charge is 0.259 e. The number of benzene rings is 2. The molecule has 2 aliphatic rings. The fourth-order valence-corrected chi connectivity index (χ4v) is 4.73. The minimum atomic E-state index is -0.840. The quantitative estimate of drug-likeness (QED) is 0.578. The van der Waals surface area contributed by atoms with Gasteiger partial charge in [0.25, 0.3) is 5.78 Å². The van der Waals surface area contributed by atoms with Gasteiger partial charge in [-0.15, -0.1) is 0 Å². The highest BCUT2D eigenvalue weighted by Gasteiger charge is 2.42. The molecule has 1 unspecified atom stereocenters. The van der Waals surface area contributed by atoms with Crippen LogP contribution in [-0.2, 0) is 4.79 Å². The number of anilines is 1. The number of rotatable bonds is 4. The van der Waals surface area contributed by atoms with Crippen molar-refractivity contribution in [2.24, 2.45) is 5.41 Å². The Labute approximate surface area is 192 Å². The maximum absolute atomic E-state index is 13.1. The first-order chi connectivity index (χ1) is 14.7. The first-order valence-corrected chi connectivity index (χ1v) is 11.6. The molecule has 6 heteroatoms. The number of nitrogens with zero attached hydrogens (tertiary/aromatic N) is 1. The lowest BCUT2D eigenvalue weighted by molar-refractivity contribution is -0.133. The van der Waals surface area contributed by atoms with Gasteiger partial charge in [0.05, 0.1) is 11.6 Å². The number of fused-ring (bicyclic) bond motifs is 1. The number of carbonyl (C=O) groups excluding carboxylic acids is 2. The lowest BCUT2D eigenvalue weighted by atomic mass is 9.82. The number of aryl methyl sites for hydroxylation is 1. The Balaban J connectivity index is 1.66. The van der Waals surface area contributed by atoms with Crippen molar-refractivity contribution in [3.63, 3.8) is 0 Å². The molecule has 1 saturated heterocycles. The maximum Gasteiger partial charge on any atom is 0.259 e. The van der Waals surface area contributed by atoms with Crippen molar-refractivity contribution < 1.29 is 14.3 Å². The monoisotopic (exact) mass is 484 g/mol. The summed E-state index contributed by atoms with van der Waals surface area (Å²) in [4.78, 5) is 28.0. The van der Waals surface area contributed by atoms with E-state index < -0.39 is 17.8 Å². The van der Waals surface area contributed by atoms with Crippen LogP contribution in [-0.4, -0.2) is 35.8 Å². The standard InChI is InChI=1S/C25H29BrN2O3/c1-15-13-17(16(2)27-20-8-6-5-7-19(20)26)23-18(14-15)21(29)22(30)24(31-23)28-11-9-25(3,4)10-12-28/h5-8,13-14,16,24,27H,9-12H2,1-4H3/t16-,24?/m1/s1. The normalized spacial score (nSPS) is 21.9. The molecule has 5 nitrogen and oxygen atoms in total. The molecule has 164 valence electrons. The zero-order valence-corrected chi connectivity index (χ0v) is 20.1. The molecule has 2 atom stereocenters. The average molecular weight is 485 g/mol. The molecule has 0 spiro atoms. The Kier molecular flexibility index (Phi) is 5.97. The van der Waals surface area contributed by atoms with Crippen molar-refractivity contribution in [3.8, 4) is 5.75 Å². The van der Waals surface area contributed by atoms with Crippen LogP contribution in [0.2, 0.25) is 0 Å². The fourth-order valence-electron chi connectivity index (χ4n) is 4.33. The van der Waals surface area contributed by atoms with Crippen molar-refractivity contribution in [2.45, 2.75) is 52.8 Å². The summed E-state index contributed by atoms with van der Waals surface area (Å²) in [6.45, 7) is 9.95. The first-order valence-electron chi connectivity index (χ1n) is 10.8. The third-order valence-corrected chi connectivity index (χ3v) is 7.07. The number of piperidine rings is 1. The van der Waals surface area contributed by atoms with Crippen molar-refractivity contribution in [3.05, 3.63) is 57.6 Å². The molecule has 4 rings (SSSR count). The molecule has 0 radical (unpaired) electrons. The molecule has 31 heavy (non-hydrogen) atoms. The summed E-state index contributed by atoms with van der Waals surface area (Å²) in [5.41, 5.74) is 3.39. The van der Waals surface area contributed by atoms with Crippen molar-refractivity contribution in [2.75, 3.05) is 18.4 Å². The van der Waals surface area contributed by atoms with Crippen LogP contribution in [0.5, 0.6) is 5.75 Å². The van der Waals surface area contributed by atoms with Gasteiger partial charge in [-0.1, -0.05) is 32.0 Å². The lowest BCUT2D eigenvalue weighted by Gasteiger charge is -2.41. The van der Waals surface area contributed by atoms with E-state index in [4.69, 9.17) is 4.74 Å². The topological polar surface area (TPSA) is 58.6 Å². The van der Waals surface area contributed by atoms with E-state index in [0.29, 0.717) is 11.3 Å². The molecule has 2 heterocycles.